The van der Waals surface area contributed by atoms with Crippen LogP contribution in [0.15, 0.2) is 54.6 Å². The average Bonchev–Trinajstić information content (AvgIpc) is 3.29. The molecule has 0 saturated carbocycles. The molecule has 0 spiro atoms. The first kappa shape index (κ1) is 15.3. The zero-order valence-corrected chi connectivity index (χ0v) is 13.5. The Hall–Kier alpha value is -3.20. The van der Waals surface area contributed by atoms with Gasteiger partial charge in [0.1, 0.15) is 11.8 Å². The van der Waals surface area contributed by atoms with Crippen LogP contribution in [0, 0.1) is 17.1 Å². The number of halogens is 1. The summed E-state index contributed by atoms with van der Waals surface area (Å²) in [5.74, 6) is 0.493. The second-order valence-corrected chi connectivity index (χ2v) is 6.07. The monoisotopic (exact) mass is 333 g/mol. The minimum absolute atomic E-state index is 0.219. The Morgan fingerprint density at radius 1 is 1.04 bits per heavy atom. The van der Waals surface area contributed by atoms with E-state index in [-0.39, 0.29) is 11.4 Å². The molecule has 1 aliphatic rings. The van der Waals surface area contributed by atoms with E-state index in [0.717, 1.165) is 19.5 Å². The van der Waals surface area contributed by atoms with Crippen LogP contribution in [0.1, 0.15) is 23.6 Å². The molecule has 1 atom stereocenters. The van der Waals surface area contributed by atoms with Gasteiger partial charge in [0.05, 0.1) is 0 Å². The standard InChI is InChI=1S/C19H16FN5/c20-16-8-4-5-9-18(16)25-22-17(12-21)19(23-25)24-11-10-15(13-24)14-6-2-1-3-7-14/h1-9,15H,10-11,13H2/t15-/m0/s1. The molecule has 0 aliphatic carbocycles. The highest BCUT2D eigenvalue weighted by atomic mass is 19.1. The Morgan fingerprint density at radius 2 is 1.80 bits per heavy atom. The van der Waals surface area contributed by atoms with Crippen LogP contribution < -0.4 is 4.90 Å². The highest BCUT2D eigenvalue weighted by Crippen LogP contribution is 2.31. The van der Waals surface area contributed by atoms with Gasteiger partial charge < -0.3 is 4.90 Å². The molecule has 0 radical (unpaired) electrons. The zero-order chi connectivity index (χ0) is 17.2. The maximum absolute atomic E-state index is 14.0. The molecule has 0 N–H and O–H groups in total. The minimum atomic E-state index is -0.419. The van der Waals surface area contributed by atoms with Crippen LogP contribution in [0.5, 0.6) is 0 Å². The first-order chi connectivity index (χ1) is 12.3. The molecule has 0 amide bonds. The van der Waals surface area contributed by atoms with E-state index in [4.69, 9.17) is 0 Å². The van der Waals surface area contributed by atoms with Crippen LogP contribution in [0.4, 0.5) is 10.2 Å². The lowest BCUT2D eigenvalue weighted by Gasteiger charge is -2.15. The van der Waals surface area contributed by atoms with Gasteiger partial charge in [-0.1, -0.05) is 42.5 Å². The fourth-order valence-electron chi connectivity index (χ4n) is 3.26. The molecular formula is C19H16FN5. The number of benzene rings is 2. The van der Waals surface area contributed by atoms with Crippen molar-refractivity contribution in [2.75, 3.05) is 18.0 Å². The molecule has 5 nitrogen and oxygen atoms in total. The van der Waals surface area contributed by atoms with E-state index in [1.54, 1.807) is 18.2 Å². The second kappa shape index (κ2) is 6.36. The lowest BCUT2D eigenvalue weighted by Crippen LogP contribution is -2.20. The van der Waals surface area contributed by atoms with Gasteiger partial charge in [0.2, 0.25) is 5.69 Å². The summed E-state index contributed by atoms with van der Waals surface area (Å²) in [7, 11) is 0. The summed E-state index contributed by atoms with van der Waals surface area (Å²) in [4.78, 5) is 3.26. The van der Waals surface area contributed by atoms with Gasteiger partial charge in [-0.3, -0.25) is 0 Å². The van der Waals surface area contributed by atoms with Gasteiger partial charge in [-0.05, 0) is 24.1 Å². The first-order valence-electron chi connectivity index (χ1n) is 8.18. The third kappa shape index (κ3) is 2.85. The number of hydrogen-bond acceptors (Lipinski definition) is 4. The maximum Gasteiger partial charge on any atom is 0.207 e. The molecule has 3 aromatic rings. The summed E-state index contributed by atoms with van der Waals surface area (Å²) in [5.41, 5.74) is 1.74. The molecule has 1 aliphatic heterocycles. The molecule has 6 heteroatoms. The zero-order valence-electron chi connectivity index (χ0n) is 13.5. The van der Waals surface area contributed by atoms with Crippen molar-refractivity contribution < 1.29 is 4.39 Å². The van der Waals surface area contributed by atoms with Crippen LogP contribution in [0.3, 0.4) is 0 Å². The summed E-state index contributed by atoms with van der Waals surface area (Å²) in [6, 6.07) is 18.7. The molecule has 1 aromatic heterocycles. The second-order valence-electron chi connectivity index (χ2n) is 6.07. The maximum atomic E-state index is 14.0. The van der Waals surface area contributed by atoms with Crippen LogP contribution in [0.2, 0.25) is 0 Å². The molecule has 1 saturated heterocycles. The average molecular weight is 333 g/mol. The van der Waals surface area contributed by atoms with Crippen molar-refractivity contribution in [3.63, 3.8) is 0 Å². The molecule has 2 heterocycles. The number of hydrogen-bond donors (Lipinski definition) is 0. The summed E-state index contributed by atoms with van der Waals surface area (Å²) in [6.07, 6.45) is 0.988. The Labute approximate surface area is 144 Å². The lowest BCUT2D eigenvalue weighted by molar-refractivity contribution is 0.596. The number of para-hydroxylation sites is 1. The minimum Gasteiger partial charge on any atom is -0.352 e. The summed E-state index contributed by atoms with van der Waals surface area (Å²) in [5, 5.41) is 18.0. The number of anilines is 1. The van der Waals surface area contributed by atoms with Crippen molar-refractivity contribution >= 4 is 5.82 Å². The summed E-state index contributed by atoms with van der Waals surface area (Å²) >= 11 is 0. The van der Waals surface area contributed by atoms with E-state index in [1.807, 2.05) is 18.2 Å². The van der Waals surface area contributed by atoms with E-state index in [0.29, 0.717) is 11.7 Å². The molecule has 1 fully saturated rings. The van der Waals surface area contributed by atoms with Crippen molar-refractivity contribution in [1.29, 1.82) is 5.26 Å². The first-order valence-corrected chi connectivity index (χ1v) is 8.18. The highest BCUT2D eigenvalue weighted by Gasteiger charge is 2.28. The SMILES string of the molecule is N#Cc1nn(-c2ccccc2F)nc1N1CC[C@H](c2ccccc2)C1. The van der Waals surface area contributed by atoms with Gasteiger partial charge in [0.25, 0.3) is 0 Å². The molecule has 4 rings (SSSR count). The Balaban J connectivity index is 1.63. The summed E-state index contributed by atoms with van der Waals surface area (Å²) < 4.78 is 14.0. The Kier molecular flexibility index (Phi) is 3.90. The Bertz CT molecular complexity index is 928. The Morgan fingerprint density at radius 3 is 2.56 bits per heavy atom. The van der Waals surface area contributed by atoms with Crippen LogP contribution >= 0.6 is 0 Å². The smallest absolute Gasteiger partial charge is 0.207 e. The normalized spacial score (nSPS) is 16.8. The van der Waals surface area contributed by atoms with Gasteiger partial charge in [0.15, 0.2) is 11.6 Å². The van der Waals surface area contributed by atoms with Crippen molar-refractivity contribution in [2.24, 2.45) is 0 Å². The molecule has 0 bridgehead atoms. The van der Waals surface area contributed by atoms with Crippen molar-refractivity contribution in [2.45, 2.75) is 12.3 Å². The molecule has 2 aromatic carbocycles. The number of nitrogens with zero attached hydrogens (tertiary/aromatic N) is 5. The van der Waals surface area contributed by atoms with Crippen LogP contribution in [0.25, 0.3) is 5.69 Å². The molecule has 25 heavy (non-hydrogen) atoms. The third-order valence-corrected chi connectivity index (χ3v) is 4.53. The lowest BCUT2D eigenvalue weighted by atomic mass is 9.99. The van der Waals surface area contributed by atoms with Gasteiger partial charge in [0, 0.05) is 19.0 Å². The fraction of sp³-hybridized carbons (Fsp3) is 0.211. The molecule has 124 valence electrons. The van der Waals surface area contributed by atoms with Gasteiger partial charge in [-0.2, -0.15) is 5.26 Å². The van der Waals surface area contributed by atoms with Crippen molar-refractivity contribution in [1.82, 2.24) is 15.0 Å². The van der Waals surface area contributed by atoms with Crippen molar-refractivity contribution in [3.05, 3.63) is 71.7 Å². The number of rotatable bonds is 3. The van der Waals surface area contributed by atoms with Crippen LogP contribution in [-0.4, -0.2) is 28.1 Å². The quantitative estimate of drug-likeness (QED) is 0.738. The van der Waals surface area contributed by atoms with E-state index >= 15 is 0 Å². The van der Waals surface area contributed by atoms with E-state index in [1.165, 1.54) is 16.4 Å². The topological polar surface area (TPSA) is 57.7 Å². The number of aromatic nitrogens is 3. The highest BCUT2D eigenvalue weighted by molar-refractivity contribution is 5.52. The van der Waals surface area contributed by atoms with E-state index in [9.17, 15) is 9.65 Å². The van der Waals surface area contributed by atoms with Crippen LogP contribution in [-0.2, 0) is 0 Å². The van der Waals surface area contributed by atoms with Gasteiger partial charge in [-0.15, -0.1) is 15.0 Å². The fourth-order valence-corrected chi connectivity index (χ4v) is 3.26. The van der Waals surface area contributed by atoms with Crippen molar-refractivity contribution in [3.8, 4) is 11.8 Å². The predicted octanol–water partition coefficient (Wildman–Crippen LogP) is 3.27. The molecule has 0 unspecified atom stereocenters. The molecular weight excluding hydrogens is 317 g/mol. The van der Waals surface area contributed by atoms with E-state index < -0.39 is 5.82 Å². The number of nitriles is 1. The third-order valence-electron chi connectivity index (χ3n) is 4.53. The summed E-state index contributed by atoms with van der Waals surface area (Å²) in [6.45, 7) is 1.57. The van der Waals surface area contributed by atoms with E-state index in [2.05, 4.69) is 33.3 Å². The largest absolute Gasteiger partial charge is 0.352 e. The predicted molar refractivity (Wildman–Crippen MR) is 92.0 cm³/mol. The van der Waals surface area contributed by atoms with Gasteiger partial charge >= 0.3 is 0 Å². The van der Waals surface area contributed by atoms with Gasteiger partial charge in [-0.25, -0.2) is 4.39 Å².